The molecule has 0 radical (unpaired) electrons. The summed E-state index contributed by atoms with van der Waals surface area (Å²) in [4.78, 5) is 13.4. The summed E-state index contributed by atoms with van der Waals surface area (Å²) in [7, 11) is -3.65. The minimum atomic E-state index is -3.65. The molecule has 1 aromatic carbocycles. The van der Waals surface area contributed by atoms with E-state index in [-0.39, 0.29) is 22.7 Å². The molecule has 0 unspecified atom stereocenters. The van der Waals surface area contributed by atoms with Gasteiger partial charge >= 0.3 is 6.03 Å². The molecule has 4 rings (SSSR count). The van der Waals surface area contributed by atoms with Crippen LogP contribution in [0, 0.1) is 0 Å². The fourth-order valence-corrected chi connectivity index (χ4v) is 4.69. The SMILES string of the molecule is O=C1NCCN1C1CN(S(=O)(=O)c2cccc3c2OCCO3)C1. The second-order valence-corrected chi connectivity index (χ2v) is 7.59. The van der Waals surface area contributed by atoms with Crippen LogP contribution in [0.1, 0.15) is 0 Å². The quantitative estimate of drug-likeness (QED) is 0.828. The van der Waals surface area contributed by atoms with Crippen molar-refractivity contribution < 1.29 is 22.7 Å². The molecule has 3 aliphatic rings. The topological polar surface area (TPSA) is 88.2 Å². The molecule has 2 fully saturated rings. The Morgan fingerprint density at radius 2 is 1.96 bits per heavy atom. The van der Waals surface area contributed by atoms with E-state index in [4.69, 9.17) is 9.47 Å². The largest absolute Gasteiger partial charge is 0.486 e. The van der Waals surface area contributed by atoms with Crippen molar-refractivity contribution in [2.45, 2.75) is 10.9 Å². The summed E-state index contributed by atoms with van der Waals surface area (Å²) in [6.45, 7) is 2.58. The molecule has 124 valence electrons. The molecule has 0 aliphatic carbocycles. The molecule has 2 saturated heterocycles. The van der Waals surface area contributed by atoms with E-state index in [1.807, 2.05) is 0 Å². The number of benzene rings is 1. The van der Waals surface area contributed by atoms with Gasteiger partial charge in [-0.3, -0.25) is 0 Å². The van der Waals surface area contributed by atoms with Crippen molar-refractivity contribution in [3.63, 3.8) is 0 Å². The van der Waals surface area contributed by atoms with E-state index in [2.05, 4.69) is 5.32 Å². The predicted octanol–water partition coefficient (Wildman–Crippen LogP) is -0.144. The molecule has 1 N–H and O–H groups in total. The van der Waals surface area contributed by atoms with Crippen LogP contribution in [-0.2, 0) is 10.0 Å². The molecule has 0 spiro atoms. The molecular weight excluding hydrogens is 322 g/mol. The number of rotatable bonds is 3. The fraction of sp³-hybridized carbons (Fsp3) is 0.500. The molecule has 1 aromatic rings. The Kier molecular flexibility index (Phi) is 3.34. The van der Waals surface area contributed by atoms with E-state index in [1.54, 1.807) is 17.0 Å². The molecule has 3 heterocycles. The average molecular weight is 339 g/mol. The molecule has 23 heavy (non-hydrogen) atoms. The summed E-state index contributed by atoms with van der Waals surface area (Å²) in [5, 5.41) is 2.73. The van der Waals surface area contributed by atoms with Crippen molar-refractivity contribution in [1.82, 2.24) is 14.5 Å². The number of para-hydroxylation sites is 1. The lowest BCUT2D eigenvalue weighted by Crippen LogP contribution is -2.61. The van der Waals surface area contributed by atoms with Crippen LogP contribution in [0.5, 0.6) is 11.5 Å². The van der Waals surface area contributed by atoms with Gasteiger partial charge in [0.05, 0.1) is 6.04 Å². The van der Waals surface area contributed by atoms with Crippen molar-refractivity contribution in [3.05, 3.63) is 18.2 Å². The van der Waals surface area contributed by atoms with Gasteiger partial charge in [-0.15, -0.1) is 0 Å². The zero-order valence-corrected chi connectivity index (χ0v) is 13.2. The van der Waals surface area contributed by atoms with Gasteiger partial charge in [-0.1, -0.05) is 6.07 Å². The van der Waals surface area contributed by atoms with Gasteiger partial charge in [0.15, 0.2) is 11.5 Å². The molecule has 8 nitrogen and oxygen atoms in total. The van der Waals surface area contributed by atoms with E-state index >= 15 is 0 Å². The molecule has 9 heteroatoms. The van der Waals surface area contributed by atoms with Gasteiger partial charge in [0.1, 0.15) is 18.1 Å². The molecule has 0 atom stereocenters. The van der Waals surface area contributed by atoms with Crippen molar-refractivity contribution in [1.29, 1.82) is 0 Å². The minimum Gasteiger partial charge on any atom is -0.486 e. The number of ether oxygens (including phenoxy) is 2. The summed E-state index contributed by atoms with van der Waals surface area (Å²) < 4.78 is 37.9. The third kappa shape index (κ3) is 2.31. The van der Waals surface area contributed by atoms with Gasteiger partial charge in [-0.25, -0.2) is 13.2 Å². The van der Waals surface area contributed by atoms with Crippen LogP contribution in [-0.4, -0.2) is 69.1 Å². The second-order valence-electron chi connectivity index (χ2n) is 5.68. The van der Waals surface area contributed by atoms with Crippen LogP contribution in [0.15, 0.2) is 23.1 Å². The molecule has 3 aliphatic heterocycles. The highest BCUT2D eigenvalue weighted by Gasteiger charge is 2.43. The smallest absolute Gasteiger partial charge is 0.317 e. The zero-order chi connectivity index (χ0) is 16.0. The van der Waals surface area contributed by atoms with Gasteiger partial charge in [0.2, 0.25) is 10.0 Å². The lowest BCUT2D eigenvalue weighted by atomic mass is 10.1. The highest BCUT2D eigenvalue weighted by molar-refractivity contribution is 7.89. The lowest BCUT2D eigenvalue weighted by Gasteiger charge is -2.42. The molecule has 0 aromatic heterocycles. The average Bonchev–Trinajstić information content (AvgIpc) is 2.91. The number of urea groups is 1. The monoisotopic (exact) mass is 339 g/mol. The first-order valence-corrected chi connectivity index (χ1v) is 8.94. The molecule has 0 bridgehead atoms. The van der Waals surface area contributed by atoms with Crippen LogP contribution in [0.25, 0.3) is 0 Å². The number of nitrogens with one attached hydrogen (secondary N) is 1. The normalized spacial score (nSPS) is 21.9. The zero-order valence-electron chi connectivity index (χ0n) is 12.4. The Labute approximate surface area is 134 Å². The van der Waals surface area contributed by atoms with Gasteiger partial charge < -0.3 is 19.7 Å². The highest BCUT2D eigenvalue weighted by Crippen LogP contribution is 2.38. The molecule has 2 amide bonds. The van der Waals surface area contributed by atoms with Gasteiger partial charge in [-0.05, 0) is 12.1 Å². The number of hydrogen-bond donors (Lipinski definition) is 1. The van der Waals surface area contributed by atoms with E-state index in [0.717, 1.165) is 0 Å². The number of carbonyl (C=O) groups excluding carboxylic acids is 1. The van der Waals surface area contributed by atoms with Crippen LogP contribution in [0.2, 0.25) is 0 Å². The first-order valence-electron chi connectivity index (χ1n) is 7.50. The fourth-order valence-electron chi connectivity index (χ4n) is 3.03. The van der Waals surface area contributed by atoms with E-state index in [1.165, 1.54) is 10.4 Å². The Hall–Kier alpha value is -2.00. The highest BCUT2D eigenvalue weighted by atomic mass is 32.2. The van der Waals surface area contributed by atoms with E-state index in [0.29, 0.717) is 45.1 Å². The van der Waals surface area contributed by atoms with Crippen LogP contribution in [0.3, 0.4) is 0 Å². The third-order valence-electron chi connectivity index (χ3n) is 4.31. The van der Waals surface area contributed by atoms with Crippen molar-refractivity contribution in [2.24, 2.45) is 0 Å². The van der Waals surface area contributed by atoms with Crippen molar-refractivity contribution in [3.8, 4) is 11.5 Å². The number of amides is 2. The maximum absolute atomic E-state index is 12.8. The van der Waals surface area contributed by atoms with Crippen LogP contribution >= 0.6 is 0 Å². The summed E-state index contributed by atoms with van der Waals surface area (Å²) in [6.07, 6.45) is 0. The Morgan fingerprint density at radius 1 is 1.17 bits per heavy atom. The maximum atomic E-state index is 12.8. The van der Waals surface area contributed by atoms with Gasteiger partial charge in [-0.2, -0.15) is 4.31 Å². The summed E-state index contributed by atoms with van der Waals surface area (Å²) in [5.41, 5.74) is 0. The van der Waals surface area contributed by atoms with Crippen LogP contribution in [0.4, 0.5) is 4.79 Å². The van der Waals surface area contributed by atoms with Gasteiger partial charge in [0, 0.05) is 26.2 Å². The minimum absolute atomic E-state index is 0.0658. The lowest BCUT2D eigenvalue weighted by molar-refractivity contribution is 0.123. The Morgan fingerprint density at radius 3 is 2.70 bits per heavy atom. The summed E-state index contributed by atoms with van der Waals surface area (Å²) in [6, 6.07) is 4.68. The first-order chi connectivity index (χ1) is 11.1. The van der Waals surface area contributed by atoms with E-state index < -0.39 is 10.0 Å². The molecular formula is C14H17N3O5S. The third-order valence-corrected chi connectivity index (χ3v) is 6.16. The summed E-state index contributed by atoms with van der Waals surface area (Å²) in [5.74, 6) is 0.731. The molecule has 0 saturated carbocycles. The predicted molar refractivity (Wildman–Crippen MR) is 80.1 cm³/mol. The number of fused-ring (bicyclic) bond motifs is 1. The standard InChI is InChI=1S/C14H17N3O5S/c18-14-15-4-5-17(14)10-8-16(9-10)23(19,20)12-3-1-2-11-13(12)22-7-6-21-11/h1-3,10H,4-9H2,(H,15,18). The number of nitrogens with zero attached hydrogens (tertiary/aromatic N) is 2. The number of carbonyl (C=O) groups is 1. The van der Waals surface area contributed by atoms with Crippen LogP contribution < -0.4 is 14.8 Å². The van der Waals surface area contributed by atoms with Crippen molar-refractivity contribution in [2.75, 3.05) is 39.4 Å². The maximum Gasteiger partial charge on any atom is 0.317 e. The number of hydrogen-bond acceptors (Lipinski definition) is 5. The van der Waals surface area contributed by atoms with E-state index in [9.17, 15) is 13.2 Å². The van der Waals surface area contributed by atoms with Crippen molar-refractivity contribution >= 4 is 16.1 Å². The number of sulfonamides is 1. The first kappa shape index (κ1) is 14.6. The Bertz CT molecular complexity index is 745. The second kappa shape index (κ2) is 5.27. The van der Waals surface area contributed by atoms with Gasteiger partial charge in [0.25, 0.3) is 0 Å². The summed E-state index contributed by atoms with van der Waals surface area (Å²) >= 11 is 0. The Balaban J connectivity index is 1.55.